The van der Waals surface area contributed by atoms with E-state index in [2.05, 4.69) is 12.1 Å². The zero-order chi connectivity index (χ0) is 13.2. The molecule has 0 amide bonds. The number of benzene rings is 1. The number of rotatable bonds is 2. The molecule has 1 aromatic rings. The second kappa shape index (κ2) is 4.59. The molecular weight excluding hydrogens is 232 g/mol. The van der Waals surface area contributed by atoms with Crippen LogP contribution in [0.3, 0.4) is 0 Å². The number of allylic oxidation sites excluding steroid dienone is 6. The Morgan fingerprint density at radius 2 is 1.68 bits per heavy atom. The second-order valence-corrected chi connectivity index (χ2v) is 4.82. The van der Waals surface area contributed by atoms with Crippen LogP contribution in [0, 0.1) is 22.7 Å². The van der Waals surface area contributed by atoms with Crippen molar-refractivity contribution in [1.29, 1.82) is 10.5 Å². The molecule has 2 nitrogen and oxygen atoms in total. The van der Waals surface area contributed by atoms with Crippen molar-refractivity contribution in [3.05, 3.63) is 64.3 Å². The van der Waals surface area contributed by atoms with Crippen molar-refractivity contribution in [2.45, 2.75) is 19.3 Å². The van der Waals surface area contributed by atoms with Crippen molar-refractivity contribution < 1.29 is 0 Å². The van der Waals surface area contributed by atoms with Gasteiger partial charge in [0, 0.05) is 0 Å². The molecule has 2 heteroatoms. The zero-order valence-corrected chi connectivity index (χ0v) is 10.5. The predicted octanol–water partition coefficient (Wildman–Crippen LogP) is 3.91. The standard InChI is InChI=1S/C17H12N2/c18-10-12(11-19)8-16-14-6-7-15(9-14)17(16)13-4-2-1-3-5-13/h1-5,8H,6-7,9H2. The fraction of sp³-hybridized carbons (Fsp3) is 0.176. The zero-order valence-electron chi connectivity index (χ0n) is 10.5. The molecule has 0 aliphatic heterocycles. The average Bonchev–Trinajstić information content (AvgIpc) is 3.06. The highest BCUT2D eigenvalue weighted by atomic mass is 14.3. The van der Waals surface area contributed by atoms with Gasteiger partial charge in [-0.15, -0.1) is 0 Å². The molecule has 0 radical (unpaired) electrons. The lowest BCUT2D eigenvalue weighted by Crippen LogP contribution is -1.93. The molecule has 0 atom stereocenters. The van der Waals surface area contributed by atoms with Crippen LogP contribution in [0.15, 0.2) is 58.7 Å². The van der Waals surface area contributed by atoms with Gasteiger partial charge in [0.25, 0.3) is 0 Å². The lowest BCUT2D eigenvalue weighted by atomic mass is 9.91. The van der Waals surface area contributed by atoms with Crippen LogP contribution in [0.2, 0.25) is 0 Å². The molecule has 1 aromatic carbocycles. The van der Waals surface area contributed by atoms with E-state index in [-0.39, 0.29) is 5.57 Å². The van der Waals surface area contributed by atoms with E-state index in [0.717, 1.165) is 24.8 Å². The molecule has 1 saturated carbocycles. The summed E-state index contributed by atoms with van der Waals surface area (Å²) in [5, 5.41) is 17.9. The SMILES string of the molecule is N#CC(C#N)=CC1=C2CCC(=C1c1ccccc1)C2. The van der Waals surface area contributed by atoms with Crippen LogP contribution in [0.1, 0.15) is 24.8 Å². The highest BCUT2D eigenvalue weighted by Crippen LogP contribution is 2.48. The molecule has 2 aliphatic carbocycles. The molecule has 0 aromatic heterocycles. The molecular formula is C17H12N2. The molecule has 90 valence electrons. The molecule has 0 spiro atoms. The summed E-state index contributed by atoms with van der Waals surface area (Å²) in [4.78, 5) is 0. The largest absolute Gasteiger partial charge is 0.192 e. The first-order chi connectivity index (χ1) is 9.33. The first kappa shape index (κ1) is 11.5. The van der Waals surface area contributed by atoms with Crippen LogP contribution in [-0.2, 0) is 0 Å². The van der Waals surface area contributed by atoms with Gasteiger partial charge in [-0.3, -0.25) is 0 Å². The second-order valence-electron chi connectivity index (χ2n) is 4.82. The minimum atomic E-state index is 0.184. The minimum absolute atomic E-state index is 0.184. The van der Waals surface area contributed by atoms with Crippen molar-refractivity contribution in [1.82, 2.24) is 0 Å². The predicted molar refractivity (Wildman–Crippen MR) is 73.5 cm³/mol. The van der Waals surface area contributed by atoms with Gasteiger partial charge in [0.2, 0.25) is 0 Å². The molecule has 3 rings (SSSR count). The molecule has 0 heterocycles. The molecule has 0 saturated heterocycles. The summed E-state index contributed by atoms with van der Waals surface area (Å²) in [5.41, 5.74) is 6.53. The van der Waals surface area contributed by atoms with Crippen LogP contribution in [0.5, 0.6) is 0 Å². The Balaban J connectivity index is 2.11. The molecule has 2 bridgehead atoms. The van der Waals surface area contributed by atoms with Gasteiger partial charge >= 0.3 is 0 Å². The first-order valence-electron chi connectivity index (χ1n) is 6.35. The van der Waals surface area contributed by atoms with Crippen LogP contribution in [0.25, 0.3) is 5.57 Å². The maximum absolute atomic E-state index is 8.93. The van der Waals surface area contributed by atoms with Gasteiger partial charge in [-0.1, -0.05) is 41.5 Å². The van der Waals surface area contributed by atoms with Crippen molar-refractivity contribution >= 4 is 5.57 Å². The molecule has 2 aliphatic rings. The maximum Gasteiger partial charge on any atom is 0.130 e. The highest BCUT2D eigenvalue weighted by Gasteiger charge is 2.29. The summed E-state index contributed by atoms with van der Waals surface area (Å²) in [5.74, 6) is 0. The van der Waals surface area contributed by atoms with E-state index in [1.165, 1.54) is 22.3 Å². The number of nitrogens with zero attached hydrogens (tertiary/aromatic N) is 2. The summed E-state index contributed by atoms with van der Waals surface area (Å²) in [7, 11) is 0. The minimum Gasteiger partial charge on any atom is -0.192 e. The number of fused-ring (bicyclic) bond motifs is 2. The summed E-state index contributed by atoms with van der Waals surface area (Å²) in [6.07, 6.45) is 4.96. The van der Waals surface area contributed by atoms with Crippen molar-refractivity contribution in [2.75, 3.05) is 0 Å². The van der Waals surface area contributed by atoms with Gasteiger partial charge in [0.05, 0.1) is 0 Å². The van der Waals surface area contributed by atoms with E-state index >= 15 is 0 Å². The van der Waals surface area contributed by atoms with Crippen LogP contribution < -0.4 is 0 Å². The van der Waals surface area contributed by atoms with Gasteiger partial charge < -0.3 is 0 Å². The van der Waals surface area contributed by atoms with Gasteiger partial charge in [-0.05, 0) is 42.0 Å². The number of nitriles is 2. The third-order valence-corrected chi connectivity index (χ3v) is 3.75. The summed E-state index contributed by atoms with van der Waals surface area (Å²) >= 11 is 0. The lowest BCUT2D eigenvalue weighted by molar-refractivity contribution is 1.03. The van der Waals surface area contributed by atoms with Crippen molar-refractivity contribution in [3.63, 3.8) is 0 Å². The Morgan fingerprint density at radius 3 is 2.37 bits per heavy atom. The van der Waals surface area contributed by atoms with E-state index in [9.17, 15) is 0 Å². The number of hydrogen-bond donors (Lipinski definition) is 0. The Labute approximate surface area is 112 Å². The normalized spacial score (nSPS) is 16.3. The number of hydrogen-bond acceptors (Lipinski definition) is 2. The third-order valence-electron chi connectivity index (χ3n) is 3.75. The third kappa shape index (κ3) is 1.88. The smallest absolute Gasteiger partial charge is 0.130 e. The molecule has 19 heavy (non-hydrogen) atoms. The quantitative estimate of drug-likeness (QED) is 0.740. The van der Waals surface area contributed by atoms with Gasteiger partial charge in [0.1, 0.15) is 17.7 Å². The Bertz CT molecular complexity index is 688. The van der Waals surface area contributed by atoms with Gasteiger partial charge in [0.15, 0.2) is 0 Å². The fourth-order valence-corrected chi connectivity index (χ4v) is 2.92. The topological polar surface area (TPSA) is 47.6 Å². The molecule has 1 fully saturated rings. The van der Waals surface area contributed by atoms with Crippen molar-refractivity contribution in [2.24, 2.45) is 0 Å². The Morgan fingerprint density at radius 1 is 1.00 bits per heavy atom. The maximum atomic E-state index is 8.93. The van der Waals surface area contributed by atoms with Gasteiger partial charge in [-0.2, -0.15) is 10.5 Å². The fourth-order valence-electron chi connectivity index (χ4n) is 2.92. The Kier molecular flexibility index (Phi) is 2.78. The first-order valence-corrected chi connectivity index (χ1v) is 6.35. The van der Waals surface area contributed by atoms with Gasteiger partial charge in [-0.25, -0.2) is 0 Å². The van der Waals surface area contributed by atoms with E-state index < -0.39 is 0 Å². The lowest BCUT2D eigenvalue weighted by Gasteiger charge is -2.13. The molecule has 0 unspecified atom stereocenters. The van der Waals surface area contributed by atoms with E-state index in [4.69, 9.17) is 10.5 Å². The van der Waals surface area contributed by atoms with Crippen LogP contribution >= 0.6 is 0 Å². The van der Waals surface area contributed by atoms with Crippen molar-refractivity contribution in [3.8, 4) is 12.1 Å². The summed E-state index contributed by atoms with van der Waals surface area (Å²) in [6.45, 7) is 0. The summed E-state index contributed by atoms with van der Waals surface area (Å²) < 4.78 is 0. The van der Waals surface area contributed by atoms with Crippen LogP contribution in [0.4, 0.5) is 0 Å². The van der Waals surface area contributed by atoms with E-state index in [0.29, 0.717) is 0 Å². The highest BCUT2D eigenvalue weighted by molar-refractivity contribution is 5.90. The van der Waals surface area contributed by atoms with Crippen LogP contribution in [-0.4, -0.2) is 0 Å². The monoisotopic (exact) mass is 244 g/mol. The summed E-state index contributed by atoms with van der Waals surface area (Å²) in [6, 6.07) is 14.1. The average molecular weight is 244 g/mol. The molecule has 0 N–H and O–H groups in total. The van der Waals surface area contributed by atoms with E-state index in [1.807, 2.05) is 30.3 Å². The Hall–Kier alpha value is -2.58. The van der Waals surface area contributed by atoms with E-state index in [1.54, 1.807) is 6.08 Å².